The molecule has 4 nitrogen and oxygen atoms in total. The lowest BCUT2D eigenvalue weighted by atomic mass is 10.1. The second-order valence-electron chi connectivity index (χ2n) is 6.44. The monoisotopic (exact) mass is 338 g/mol. The van der Waals surface area contributed by atoms with Gasteiger partial charge in [0.05, 0.1) is 11.4 Å². The molecule has 0 unspecified atom stereocenters. The van der Waals surface area contributed by atoms with Crippen molar-refractivity contribution in [2.45, 2.75) is 33.2 Å². The molecule has 2 aromatic heterocycles. The molecule has 0 bridgehead atoms. The summed E-state index contributed by atoms with van der Waals surface area (Å²) < 4.78 is 2.29. The van der Waals surface area contributed by atoms with E-state index in [-0.39, 0.29) is 0 Å². The lowest BCUT2D eigenvalue weighted by molar-refractivity contribution is 0.760. The van der Waals surface area contributed by atoms with Gasteiger partial charge < -0.3 is 4.90 Å². The zero-order chi connectivity index (χ0) is 16.5. The molecule has 0 atom stereocenters. The van der Waals surface area contributed by atoms with Gasteiger partial charge in [-0.1, -0.05) is 24.3 Å². The number of hydrogen-bond donors (Lipinski definition) is 0. The van der Waals surface area contributed by atoms with Crippen LogP contribution in [0.1, 0.15) is 28.8 Å². The summed E-state index contributed by atoms with van der Waals surface area (Å²) in [6.07, 6.45) is 2.48. The van der Waals surface area contributed by atoms with E-state index in [1.807, 2.05) is 0 Å². The fourth-order valence-corrected chi connectivity index (χ4v) is 4.15. The molecule has 1 aliphatic heterocycles. The number of nitrogens with zero attached hydrogens (tertiary/aromatic N) is 4. The van der Waals surface area contributed by atoms with Gasteiger partial charge in [0.2, 0.25) is 5.95 Å². The van der Waals surface area contributed by atoms with Crippen molar-refractivity contribution in [3.05, 3.63) is 52.4 Å². The minimum Gasteiger partial charge on any atom is -0.341 e. The van der Waals surface area contributed by atoms with Crippen molar-refractivity contribution in [2.75, 3.05) is 18.0 Å². The van der Waals surface area contributed by atoms with Crippen LogP contribution in [-0.4, -0.2) is 27.9 Å². The van der Waals surface area contributed by atoms with Gasteiger partial charge in [0.1, 0.15) is 0 Å². The second-order valence-corrected chi connectivity index (χ2v) is 7.73. The van der Waals surface area contributed by atoms with Crippen LogP contribution in [0.4, 0.5) is 5.95 Å². The summed E-state index contributed by atoms with van der Waals surface area (Å²) in [5.41, 5.74) is 2.64. The molecule has 24 heavy (non-hydrogen) atoms. The molecule has 124 valence electrons. The quantitative estimate of drug-likeness (QED) is 0.712. The Morgan fingerprint density at radius 2 is 1.79 bits per heavy atom. The lowest BCUT2D eigenvalue weighted by Gasteiger charge is -2.19. The number of anilines is 1. The van der Waals surface area contributed by atoms with E-state index in [0.29, 0.717) is 0 Å². The predicted molar refractivity (Wildman–Crippen MR) is 99.8 cm³/mol. The van der Waals surface area contributed by atoms with Crippen molar-refractivity contribution in [3.63, 3.8) is 0 Å². The molecule has 0 N–H and O–H groups in total. The third-order valence-corrected chi connectivity index (χ3v) is 5.67. The Bertz CT molecular complexity index is 843. The van der Waals surface area contributed by atoms with Gasteiger partial charge in [0.25, 0.3) is 0 Å². The van der Waals surface area contributed by atoms with Crippen LogP contribution in [0, 0.1) is 13.8 Å². The van der Waals surface area contributed by atoms with Crippen LogP contribution in [0.25, 0.3) is 10.7 Å². The molecular weight excluding hydrogens is 316 g/mol. The molecule has 0 aliphatic carbocycles. The van der Waals surface area contributed by atoms with Crippen LogP contribution >= 0.6 is 11.3 Å². The van der Waals surface area contributed by atoms with E-state index in [0.717, 1.165) is 31.4 Å². The van der Waals surface area contributed by atoms with E-state index in [9.17, 15) is 0 Å². The first kappa shape index (κ1) is 15.4. The smallest absolute Gasteiger partial charge is 0.227 e. The summed E-state index contributed by atoms with van der Waals surface area (Å²) in [6.45, 7) is 7.28. The maximum Gasteiger partial charge on any atom is 0.227 e. The number of aromatic nitrogens is 3. The standard InChI is InChI=1S/C19H22N4S/c1-14-7-3-4-8-16(14)13-23-18(17-10-9-15(2)24-17)20-21-19(23)22-11-5-6-12-22/h3-4,7-10H,5-6,11-13H2,1-2H3. The summed E-state index contributed by atoms with van der Waals surface area (Å²) in [4.78, 5) is 4.87. The van der Waals surface area contributed by atoms with Crippen molar-refractivity contribution >= 4 is 17.3 Å². The van der Waals surface area contributed by atoms with Crippen LogP contribution in [-0.2, 0) is 6.54 Å². The Morgan fingerprint density at radius 3 is 2.50 bits per heavy atom. The Kier molecular flexibility index (Phi) is 4.10. The highest BCUT2D eigenvalue weighted by Gasteiger charge is 2.22. The number of rotatable bonds is 4. The van der Waals surface area contributed by atoms with Crippen LogP contribution in [0.15, 0.2) is 36.4 Å². The highest BCUT2D eigenvalue weighted by molar-refractivity contribution is 7.15. The van der Waals surface area contributed by atoms with Crippen molar-refractivity contribution in [1.82, 2.24) is 14.8 Å². The molecule has 4 rings (SSSR count). The van der Waals surface area contributed by atoms with Gasteiger partial charge in [-0.05, 0) is 49.9 Å². The summed E-state index contributed by atoms with van der Waals surface area (Å²) >= 11 is 1.78. The van der Waals surface area contributed by atoms with E-state index in [1.54, 1.807) is 11.3 Å². The van der Waals surface area contributed by atoms with Gasteiger partial charge in [-0.15, -0.1) is 21.5 Å². The van der Waals surface area contributed by atoms with Gasteiger partial charge >= 0.3 is 0 Å². The van der Waals surface area contributed by atoms with Crippen molar-refractivity contribution in [3.8, 4) is 10.7 Å². The first-order valence-electron chi connectivity index (χ1n) is 8.52. The average Bonchev–Trinajstić information content (AvgIpc) is 3.29. The predicted octanol–water partition coefficient (Wildman–Crippen LogP) is 4.27. The van der Waals surface area contributed by atoms with Gasteiger partial charge in [-0.3, -0.25) is 4.57 Å². The Hall–Kier alpha value is -2.14. The fraction of sp³-hybridized carbons (Fsp3) is 0.368. The molecule has 3 aromatic rings. The molecule has 5 heteroatoms. The first-order valence-corrected chi connectivity index (χ1v) is 9.33. The van der Waals surface area contributed by atoms with E-state index < -0.39 is 0 Å². The molecule has 0 radical (unpaired) electrons. The molecule has 1 fully saturated rings. The van der Waals surface area contributed by atoms with E-state index in [2.05, 4.69) is 69.9 Å². The minimum atomic E-state index is 0.817. The number of thiophene rings is 1. The Balaban J connectivity index is 1.78. The SMILES string of the molecule is Cc1ccc(-c2nnc(N3CCCC3)n2Cc2ccccc2C)s1. The topological polar surface area (TPSA) is 34.0 Å². The number of hydrogen-bond acceptors (Lipinski definition) is 4. The molecule has 1 aliphatic rings. The van der Waals surface area contributed by atoms with Crippen molar-refractivity contribution in [1.29, 1.82) is 0 Å². The van der Waals surface area contributed by atoms with Crippen molar-refractivity contribution in [2.24, 2.45) is 0 Å². The normalized spacial score (nSPS) is 14.5. The molecular formula is C19H22N4S. The van der Waals surface area contributed by atoms with Gasteiger partial charge in [0.15, 0.2) is 5.82 Å². The van der Waals surface area contributed by atoms with E-state index >= 15 is 0 Å². The summed E-state index contributed by atoms with van der Waals surface area (Å²) in [7, 11) is 0. The molecule has 0 amide bonds. The third-order valence-electron chi connectivity index (χ3n) is 4.67. The molecule has 0 spiro atoms. The number of aryl methyl sites for hydroxylation is 2. The first-order chi connectivity index (χ1) is 11.7. The van der Waals surface area contributed by atoms with Crippen LogP contribution in [0.5, 0.6) is 0 Å². The summed E-state index contributed by atoms with van der Waals surface area (Å²) in [6, 6.07) is 12.9. The Labute approximate surface area is 146 Å². The maximum atomic E-state index is 4.56. The lowest BCUT2D eigenvalue weighted by Crippen LogP contribution is -2.22. The summed E-state index contributed by atoms with van der Waals surface area (Å²) in [5, 5.41) is 9.11. The molecule has 3 heterocycles. The van der Waals surface area contributed by atoms with Crippen LogP contribution in [0.3, 0.4) is 0 Å². The van der Waals surface area contributed by atoms with E-state index in [4.69, 9.17) is 0 Å². The fourth-order valence-electron chi connectivity index (χ4n) is 3.29. The van der Waals surface area contributed by atoms with Crippen LogP contribution in [0.2, 0.25) is 0 Å². The highest BCUT2D eigenvalue weighted by Crippen LogP contribution is 2.31. The maximum absolute atomic E-state index is 4.56. The molecule has 1 saturated heterocycles. The summed E-state index contributed by atoms with van der Waals surface area (Å²) in [5.74, 6) is 2.00. The van der Waals surface area contributed by atoms with Gasteiger partial charge in [0, 0.05) is 18.0 Å². The third kappa shape index (κ3) is 2.84. The second kappa shape index (κ2) is 6.40. The highest BCUT2D eigenvalue weighted by atomic mass is 32.1. The molecule has 1 aromatic carbocycles. The zero-order valence-electron chi connectivity index (χ0n) is 14.2. The zero-order valence-corrected chi connectivity index (χ0v) is 15.0. The largest absolute Gasteiger partial charge is 0.341 e. The average molecular weight is 338 g/mol. The number of benzene rings is 1. The Morgan fingerprint density at radius 1 is 1.00 bits per heavy atom. The molecule has 0 saturated carbocycles. The van der Waals surface area contributed by atoms with Crippen molar-refractivity contribution < 1.29 is 0 Å². The van der Waals surface area contributed by atoms with Crippen LogP contribution < -0.4 is 4.90 Å². The minimum absolute atomic E-state index is 0.817. The van der Waals surface area contributed by atoms with Gasteiger partial charge in [-0.2, -0.15) is 0 Å². The van der Waals surface area contributed by atoms with E-state index in [1.165, 1.54) is 33.7 Å². The van der Waals surface area contributed by atoms with Gasteiger partial charge in [-0.25, -0.2) is 0 Å².